The number of piperidine rings is 1. The topological polar surface area (TPSA) is 23.5 Å². The number of rotatable bonds is 3. The standard InChI is InChI=1S/C11H19NO/c1-10-3-2-7-12(9-10)8-6-11(13)4-5-11/h13H,1-9H2. The lowest BCUT2D eigenvalue weighted by Gasteiger charge is -2.28. The summed E-state index contributed by atoms with van der Waals surface area (Å²) in [6.45, 7) is 7.31. The zero-order valence-corrected chi connectivity index (χ0v) is 8.26. The summed E-state index contributed by atoms with van der Waals surface area (Å²) < 4.78 is 0. The normalized spacial score (nSPS) is 27.6. The van der Waals surface area contributed by atoms with Crippen molar-refractivity contribution in [3.05, 3.63) is 12.2 Å². The molecule has 2 fully saturated rings. The SMILES string of the molecule is C=C1CCCN(CCC2(O)CC2)C1. The number of nitrogens with zero attached hydrogens (tertiary/aromatic N) is 1. The predicted molar refractivity (Wildman–Crippen MR) is 53.6 cm³/mol. The van der Waals surface area contributed by atoms with E-state index in [1.165, 1.54) is 25.0 Å². The van der Waals surface area contributed by atoms with E-state index in [1.54, 1.807) is 0 Å². The Kier molecular flexibility index (Phi) is 2.43. The molecule has 2 aliphatic rings. The van der Waals surface area contributed by atoms with Crippen molar-refractivity contribution in [3.8, 4) is 0 Å². The quantitative estimate of drug-likeness (QED) is 0.668. The minimum Gasteiger partial charge on any atom is -0.390 e. The van der Waals surface area contributed by atoms with Crippen LogP contribution in [0.3, 0.4) is 0 Å². The summed E-state index contributed by atoms with van der Waals surface area (Å²) in [5, 5.41) is 9.68. The van der Waals surface area contributed by atoms with Crippen LogP contribution in [-0.2, 0) is 0 Å². The third-order valence-electron chi connectivity index (χ3n) is 3.17. The van der Waals surface area contributed by atoms with Crippen molar-refractivity contribution in [2.75, 3.05) is 19.6 Å². The Balaban J connectivity index is 1.71. The van der Waals surface area contributed by atoms with Gasteiger partial charge in [-0.2, -0.15) is 0 Å². The van der Waals surface area contributed by atoms with E-state index >= 15 is 0 Å². The van der Waals surface area contributed by atoms with Crippen LogP contribution in [0, 0.1) is 0 Å². The minimum atomic E-state index is -0.279. The molecule has 0 aromatic carbocycles. The maximum absolute atomic E-state index is 9.68. The van der Waals surface area contributed by atoms with Crippen molar-refractivity contribution < 1.29 is 5.11 Å². The molecule has 2 heteroatoms. The van der Waals surface area contributed by atoms with Crippen molar-refractivity contribution in [2.45, 2.75) is 37.7 Å². The van der Waals surface area contributed by atoms with Gasteiger partial charge in [0.25, 0.3) is 0 Å². The van der Waals surface area contributed by atoms with Crippen LogP contribution >= 0.6 is 0 Å². The van der Waals surface area contributed by atoms with Gasteiger partial charge in [-0.1, -0.05) is 12.2 Å². The first-order chi connectivity index (χ1) is 6.18. The smallest absolute Gasteiger partial charge is 0.0662 e. The highest BCUT2D eigenvalue weighted by molar-refractivity contribution is 5.01. The summed E-state index contributed by atoms with van der Waals surface area (Å²) in [5.41, 5.74) is 1.08. The fourth-order valence-corrected chi connectivity index (χ4v) is 1.98. The Bertz CT molecular complexity index is 208. The van der Waals surface area contributed by atoms with E-state index in [1.807, 2.05) is 0 Å². The van der Waals surface area contributed by atoms with Gasteiger partial charge in [-0.05, 0) is 38.6 Å². The van der Waals surface area contributed by atoms with Gasteiger partial charge < -0.3 is 5.11 Å². The first-order valence-corrected chi connectivity index (χ1v) is 5.29. The molecule has 0 spiro atoms. The van der Waals surface area contributed by atoms with E-state index in [9.17, 15) is 5.11 Å². The van der Waals surface area contributed by atoms with Crippen LogP contribution < -0.4 is 0 Å². The lowest BCUT2D eigenvalue weighted by atomic mass is 10.1. The second-order valence-corrected chi connectivity index (χ2v) is 4.60. The second kappa shape index (κ2) is 3.43. The van der Waals surface area contributed by atoms with E-state index in [4.69, 9.17) is 0 Å². The van der Waals surface area contributed by atoms with Gasteiger partial charge in [0.05, 0.1) is 5.60 Å². The molecule has 0 atom stereocenters. The summed E-state index contributed by atoms with van der Waals surface area (Å²) in [4.78, 5) is 2.42. The third-order valence-corrected chi connectivity index (χ3v) is 3.17. The average Bonchev–Trinajstić information content (AvgIpc) is 2.82. The van der Waals surface area contributed by atoms with Gasteiger partial charge in [0.1, 0.15) is 0 Å². The van der Waals surface area contributed by atoms with Crippen LogP contribution in [0.4, 0.5) is 0 Å². The molecule has 1 aliphatic heterocycles. The average molecular weight is 181 g/mol. The van der Waals surface area contributed by atoms with Gasteiger partial charge in [-0.25, -0.2) is 0 Å². The first kappa shape index (κ1) is 9.22. The van der Waals surface area contributed by atoms with E-state index in [0.29, 0.717) is 0 Å². The largest absolute Gasteiger partial charge is 0.390 e. The van der Waals surface area contributed by atoms with E-state index in [0.717, 1.165) is 32.4 Å². The molecule has 1 N–H and O–H groups in total. The molecule has 0 aromatic heterocycles. The first-order valence-electron chi connectivity index (χ1n) is 5.29. The van der Waals surface area contributed by atoms with Gasteiger partial charge >= 0.3 is 0 Å². The van der Waals surface area contributed by atoms with Crippen LogP contribution in [0.1, 0.15) is 32.1 Å². The van der Waals surface area contributed by atoms with Crippen molar-refractivity contribution in [3.63, 3.8) is 0 Å². The van der Waals surface area contributed by atoms with Gasteiger partial charge in [0, 0.05) is 13.1 Å². The number of aliphatic hydroxyl groups is 1. The van der Waals surface area contributed by atoms with Crippen LogP contribution in [0.2, 0.25) is 0 Å². The molecule has 74 valence electrons. The molecule has 1 saturated carbocycles. The van der Waals surface area contributed by atoms with Crippen molar-refractivity contribution >= 4 is 0 Å². The molecule has 0 amide bonds. The van der Waals surface area contributed by atoms with Gasteiger partial charge in [-0.15, -0.1) is 0 Å². The van der Waals surface area contributed by atoms with Crippen LogP contribution in [0.25, 0.3) is 0 Å². The molecule has 0 aromatic rings. The monoisotopic (exact) mass is 181 g/mol. The van der Waals surface area contributed by atoms with Gasteiger partial charge in [0.2, 0.25) is 0 Å². The highest BCUT2D eigenvalue weighted by atomic mass is 16.3. The summed E-state index contributed by atoms with van der Waals surface area (Å²) in [7, 11) is 0. The van der Waals surface area contributed by atoms with Gasteiger partial charge in [-0.3, -0.25) is 4.90 Å². The van der Waals surface area contributed by atoms with E-state index in [-0.39, 0.29) is 5.60 Å². The van der Waals surface area contributed by atoms with Crippen molar-refractivity contribution in [1.82, 2.24) is 4.90 Å². The van der Waals surface area contributed by atoms with E-state index in [2.05, 4.69) is 11.5 Å². The van der Waals surface area contributed by atoms with Crippen molar-refractivity contribution in [2.24, 2.45) is 0 Å². The predicted octanol–water partition coefficient (Wildman–Crippen LogP) is 1.55. The second-order valence-electron chi connectivity index (χ2n) is 4.60. The zero-order valence-electron chi connectivity index (χ0n) is 8.26. The molecule has 0 radical (unpaired) electrons. The Morgan fingerprint density at radius 3 is 2.85 bits per heavy atom. The Morgan fingerprint density at radius 2 is 2.23 bits per heavy atom. The Hall–Kier alpha value is -0.340. The molecular formula is C11H19NO. The summed E-state index contributed by atoms with van der Waals surface area (Å²) in [5.74, 6) is 0. The molecule has 1 saturated heterocycles. The van der Waals surface area contributed by atoms with Crippen LogP contribution in [0.5, 0.6) is 0 Å². The van der Waals surface area contributed by atoms with Crippen LogP contribution in [0.15, 0.2) is 12.2 Å². The highest BCUT2D eigenvalue weighted by Gasteiger charge is 2.39. The molecule has 2 rings (SSSR count). The fourth-order valence-electron chi connectivity index (χ4n) is 1.98. The highest BCUT2D eigenvalue weighted by Crippen LogP contribution is 2.38. The molecule has 2 nitrogen and oxygen atoms in total. The Labute approximate surface area is 80.2 Å². The lowest BCUT2D eigenvalue weighted by Crippen LogP contribution is -2.33. The van der Waals surface area contributed by atoms with Crippen molar-refractivity contribution in [1.29, 1.82) is 0 Å². The lowest BCUT2D eigenvalue weighted by molar-refractivity contribution is 0.118. The number of likely N-dealkylation sites (tertiary alicyclic amines) is 1. The molecule has 13 heavy (non-hydrogen) atoms. The number of hydrogen-bond donors (Lipinski definition) is 1. The summed E-state index contributed by atoms with van der Waals surface area (Å²) in [6.07, 6.45) is 5.43. The molecule has 0 bridgehead atoms. The fraction of sp³-hybridized carbons (Fsp3) is 0.818. The molecular weight excluding hydrogens is 162 g/mol. The number of hydrogen-bond acceptors (Lipinski definition) is 2. The van der Waals surface area contributed by atoms with E-state index < -0.39 is 0 Å². The Morgan fingerprint density at radius 1 is 1.46 bits per heavy atom. The minimum absolute atomic E-state index is 0.279. The summed E-state index contributed by atoms with van der Waals surface area (Å²) in [6, 6.07) is 0. The van der Waals surface area contributed by atoms with Gasteiger partial charge in [0.15, 0.2) is 0 Å². The molecule has 1 heterocycles. The van der Waals surface area contributed by atoms with Crippen LogP contribution in [-0.4, -0.2) is 35.2 Å². The zero-order chi connectivity index (χ0) is 9.31. The maximum Gasteiger partial charge on any atom is 0.0662 e. The summed E-state index contributed by atoms with van der Waals surface area (Å²) >= 11 is 0. The maximum atomic E-state index is 9.68. The third kappa shape index (κ3) is 2.55. The molecule has 1 aliphatic carbocycles. The molecule has 0 unspecified atom stereocenters.